The van der Waals surface area contributed by atoms with Gasteiger partial charge in [0.2, 0.25) is 0 Å². The first-order valence-electron chi connectivity index (χ1n) is 7.12. The summed E-state index contributed by atoms with van der Waals surface area (Å²) in [5, 5.41) is 12.0. The Bertz CT molecular complexity index is 752. The van der Waals surface area contributed by atoms with E-state index in [1.54, 1.807) is 16.7 Å². The van der Waals surface area contributed by atoms with E-state index in [0.717, 1.165) is 5.56 Å². The maximum Gasteiger partial charge on any atom is 0.352 e. The molecule has 2 heterocycles. The molecule has 1 aromatic carbocycles. The number of aromatic carboxylic acids is 1. The number of aromatic nitrogens is 1. The van der Waals surface area contributed by atoms with Gasteiger partial charge in [-0.3, -0.25) is 4.79 Å². The third kappa shape index (κ3) is 3.09. The summed E-state index contributed by atoms with van der Waals surface area (Å²) in [4.78, 5) is 23.6. The van der Waals surface area contributed by atoms with Gasteiger partial charge in [0.05, 0.1) is 24.5 Å². The van der Waals surface area contributed by atoms with Gasteiger partial charge in [-0.2, -0.15) is 0 Å². The van der Waals surface area contributed by atoms with E-state index in [2.05, 4.69) is 5.32 Å². The third-order valence-corrected chi connectivity index (χ3v) is 3.74. The number of ether oxygens (including phenoxy) is 1. The van der Waals surface area contributed by atoms with Crippen molar-refractivity contribution in [1.82, 2.24) is 9.88 Å². The Morgan fingerprint density at radius 2 is 2.04 bits per heavy atom. The zero-order valence-electron chi connectivity index (χ0n) is 12.2. The molecule has 0 saturated carbocycles. The van der Waals surface area contributed by atoms with Gasteiger partial charge in [0.15, 0.2) is 0 Å². The van der Waals surface area contributed by atoms with Crippen LogP contribution in [0.4, 0.5) is 4.39 Å². The van der Waals surface area contributed by atoms with Gasteiger partial charge in [0.1, 0.15) is 11.5 Å². The van der Waals surface area contributed by atoms with E-state index in [4.69, 9.17) is 4.74 Å². The van der Waals surface area contributed by atoms with Crippen molar-refractivity contribution < 1.29 is 23.8 Å². The van der Waals surface area contributed by atoms with Crippen molar-refractivity contribution in [3.8, 4) is 0 Å². The molecule has 0 fully saturated rings. The Morgan fingerprint density at radius 3 is 2.74 bits per heavy atom. The SMILES string of the molecule is O=C(NCc1ccc(F)cc1)c1cc(C(=O)O)n2c1COCC2. The summed E-state index contributed by atoms with van der Waals surface area (Å²) >= 11 is 0. The van der Waals surface area contributed by atoms with Crippen LogP contribution < -0.4 is 5.32 Å². The molecule has 0 radical (unpaired) electrons. The van der Waals surface area contributed by atoms with Crippen LogP contribution in [-0.2, 0) is 24.4 Å². The van der Waals surface area contributed by atoms with Crippen LogP contribution in [0.15, 0.2) is 30.3 Å². The smallest absolute Gasteiger partial charge is 0.352 e. The van der Waals surface area contributed by atoms with Crippen LogP contribution in [0.25, 0.3) is 0 Å². The second kappa shape index (κ2) is 6.21. The highest BCUT2D eigenvalue weighted by atomic mass is 19.1. The van der Waals surface area contributed by atoms with E-state index in [9.17, 15) is 19.1 Å². The number of benzene rings is 1. The van der Waals surface area contributed by atoms with E-state index in [1.165, 1.54) is 18.2 Å². The molecule has 2 aromatic rings. The molecule has 23 heavy (non-hydrogen) atoms. The third-order valence-electron chi connectivity index (χ3n) is 3.74. The number of nitrogens with zero attached hydrogens (tertiary/aromatic N) is 1. The van der Waals surface area contributed by atoms with Gasteiger partial charge in [0.25, 0.3) is 5.91 Å². The maximum absolute atomic E-state index is 12.9. The summed E-state index contributed by atoms with van der Waals surface area (Å²) < 4.78 is 19.8. The average Bonchev–Trinajstić information content (AvgIpc) is 2.94. The largest absolute Gasteiger partial charge is 0.477 e. The number of fused-ring (bicyclic) bond motifs is 1. The molecular weight excluding hydrogens is 303 g/mol. The molecular formula is C16H15FN2O4. The zero-order chi connectivity index (χ0) is 16.4. The number of halogens is 1. The molecule has 7 heteroatoms. The number of carboxylic acids is 1. The van der Waals surface area contributed by atoms with Crippen LogP contribution in [0.5, 0.6) is 0 Å². The number of carboxylic acid groups (broad SMARTS) is 1. The summed E-state index contributed by atoms with van der Waals surface area (Å²) in [6, 6.07) is 7.16. The molecule has 1 aliphatic rings. The van der Waals surface area contributed by atoms with Gasteiger partial charge >= 0.3 is 5.97 Å². The standard InChI is InChI=1S/C16H15FN2O4/c17-11-3-1-10(2-4-11)8-18-15(20)12-7-13(16(21)22)19-5-6-23-9-14(12)19/h1-4,7H,5-6,8-9H2,(H,18,20)(H,21,22). The fraction of sp³-hybridized carbons (Fsp3) is 0.250. The Balaban J connectivity index is 1.79. The fourth-order valence-corrected chi connectivity index (χ4v) is 2.58. The van der Waals surface area contributed by atoms with Crippen molar-refractivity contribution in [2.75, 3.05) is 6.61 Å². The number of amides is 1. The van der Waals surface area contributed by atoms with Gasteiger partial charge in [0, 0.05) is 13.1 Å². The Kier molecular flexibility index (Phi) is 4.12. The highest BCUT2D eigenvalue weighted by Crippen LogP contribution is 2.21. The normalized spacial score (nSPS) is 13.4. The first-order valence-corrected chi connectivity index (χ1v) is 7.12. The van der Waals surface area contributed by atoms with Crippen molar-refractivity contribution in [1.29, 1.82) is 0 Å². The molecule has 0 spiro atoms. The molecule has 0 aliphatic carbocycles. The molecule has 3 rings (SSSR count). The van der Waals surface area contributed by atoms with E-state index >= 15 is 0 Å². The monoisotopic (exact) mass is 318 g/mol. The molecule has 1 aliphatic heterocycles. The summed E-state index contributed by atoms with van der Waals surface area (Å²) in [5.41, 5.74) is 1.69. The lowest BCUT2D eigenvalue weighted by Crippen LogP contribution is -2.26. The van der Waals surface area contributed by atoms with Crippen molar-refractivity contribution >= 4 is 11.9 Å². The number of hydrogen-bond donors (Lipinski definition) is 2. The minimum absolute atomic E-state index is 0.0789. The van der Waals surface area contributed by atoms with E-state index in [0.29, 0.717) is 24.4 Å². The minimum Gasteiger partial charge on any atom is -0.477 e. The van der Waals surface area contributed by atoms with Crippen LogP contribution in [-0.4, -0.2) is 28.2 Å². The summed E-state index contributed by atoms with van der Waals surface area (Å²) in [7, 11) is 0. The molecule has 6 nitrogen and oxygen atoms in total. The number of rotatable bonds is 4. The van der Waals surface area contributed by atoms with Crippen LogP contribution in [0.3, 0.4) is 0 Å². The average molecular weight is 318 g/mol. The summed E-state index contributed by atoms with van der Waals surface area (Å²) in [5.74, 6) is -1.80. The Labute approximate surface area is 131 Å². The lowest BCUT2D eigenvalue weighted by atomic mass is 10.2. The summed E-state index contributed by atoms with van der Waals surface area (Å²) in [6.45, 7) is 1.25. The quantitative estimate of drug-likeness (QED) is 0.900. The molecule has 1 aromatic heterocycles. The molecule has 0 atom stereocenters. The molecule has 120 valence electrons. The first-order chi connectivity index (χ1) is 11.1. The second-order valence-corrected chi connectivity index (χ2v) is 5.21. The zero-order valence-corrected chi connectivity index (χ0v) is 12.2. The minimum atomic E-state index is -1.08. The van der Waals surface area contributed by atoms with Crippen LogP contribution >= 0.6 is 0 Å². The highest BCUT2D eigenvalue weighted by Gasteiger charge is 2.25. The highest BCUT2D eigenvalue weighted by molar-refractivity contribution is 5.98. The van der Waals surface area contributed by atoms with Crippen molar-refractivity contribution in [3.05, 3.63) is 58.7 Å². The molecule has 0 bridgehead atoms. The number of carbonyl (C=O) groups excluding carboxylic acids is 1. The molecule has 1 amide bonds. The first kappa shape index (κ1) is 15.2. The summed E-state index contributed by atoms with van der Waals surface area (Å²) in [6.07, 6.45) is 0. The topological polar surface area (TPSA) is 80.6 Å². The molecule has 2 N–H and O–H groups in total. The molecule has 0 unspecified atom stereocenters. The van der Waals surface area contributed by atoms with Crippen molar-refractivity contribution in [3.63, 3.8) is 0 Å². The van der Waals surface area contributed by atoms with E-state index in [-0.39, 0.29) is 30.6 Å². The predicted molar refractivity (Wildman–Crippen MR) is 78.6 cm³/mol. The van der Waals surface area contributed by atoms with Crippen LogP contribution in [0.2, 0.25) is 0 Å². The van der Waals surface area contributed by atoms with Crippen molar-refractivity contribution in [2.24, 2.45) is 0 Å². The number of hydrogen-bond acceptors (Lipinski definition) is 3. The second-order valence-electron chi connectivity index (χ2n) is 5.21. The lowest BCUT2D eigenvalue weighted by Gasteiger charge is -2.18. The molecule has 0 saturated heterocycles. The van der Waals surface area contributed by atoms with E-state index in [1.807, 2.05) is 0 Å². The Morgan fingerprint density at radius 1 is 1.30 bits per heavy atom. The lowest BCUT2D eigenvalue weighted by molar-refractivity contribution is 0.0642. The van der Waals surface area contributed by atoms with Gasteiger partial charge in [-0.25, -0.2) is 9.18 Å². The van der Waals surface area contributed by atoms with Crippen LogP contribution in [0, 0.1) is 5.82 Å². The fourth-order valence-electron chi connectivity index (χ4n) is 2.58. The number of carbonyl (C=O) groups is 2. The van der Waals surface area contributed by atoms with Gasteiger partial charge in [-0.1, -0.05) is 12.1 Å². The van der Waals surface area contributed by atoms with Gasteiger partial charge < -0.3 is 19.7 Å². The van der Waals surface area contributed by atoms with Gasteiger partial charge in [-0.05, 0) is 23.8 Å². The Hall–Kier alpha value is -2.67. The maximum atomic E-state index is 12.9. The number of nitrogens with one attached hydrogen (secondary N) is 1. The predicted octanol–water partition coefficient (Wildman–Crippen LogP) is 1.79. The van der Waals surface area contributed by atoms with Crippen LogP contribution in [0.1, 0.15) is 32.1 Å². The van der Waals surface area contributed by atoms with E-state index < -0.39 is 5.97 Å². The van der Waals surface area contributed by atoms with Crippen molar-refractivity contribution in [2.45, 2.75) is 19.7 Å². The van der Waals surface area contributed by atoms with Gasteiger partial charge in [-0.15, -0.1) is 0 Å².